The summed E-state index contributed by atoms with van der Waals surface area (Å²) in [6.45, 7) is 0. The Balaban J connectivity index is 2.06. The standard InChI is InChI=1S/C15H12ClN3O2S/c16-10-7-5-9(6-8-10)14(21)19-15(22)18-12-4-2-1-3-11(12)13(17)20/h1-8H,(H2,17,20)(H2,18,19,21,22). The average Bonchev–Trinajstić information content (AvgIpc) is 2.48. The molecule has 0 unspecified atom stereocenters. The van der Waals surface area contributed by atoms with Gasteiger partial charge in [-0.1, -0.05) is 23.7 Å². The van der Waals surface area contributed by atoms with Crippen LogP contribution in [0.25, 0.3) is 0 Å². The van der Waals surface area contributed by atoms with E-state index in [1.54, 1.807) is 48.5 Å². The number of nitrogens with two attached hydrogens (primary N) is 1. The molecule has 0 radical (unpaired) electrons. The van der Waals surface area contributed by atoms with E-state index in [0.717, 1.165) is 0 Å². The molecule has 0 aliphatic heterocycles. The Labute approximate surface area is 137 Å². The number of benzene rings is 2. The van der Waals surface area contributed by atoms with Gasteiger partial charge in [-0.15, -0.1) is 0 Å². The predicted octanol–water partition coefficient (Wildman–Crippen LogP) is 2.57. The third kappa shape index (κ3) is 4.03. The Hall–Kier alpha value is -2.44. The number of thiocarbonyl (C=S) groups is 1. The second kappa shape index (κ2) is 7.02. The summed E-state index contributed by atoms with van der Waals surface area (Å²) in [4.78, 5) is 23.3. The molecule has 0 atom stereocenters. The first-order valence-corrected chi connectivity index (χ1v) is 7.02. The van der Waals surface area contributed by atoms with Gasteiger partial charge in [0.25, 0.3) is 11.8 Å². The Morgan fingerprint density at radius 1 is 1.05 bits per heavy atom. The van der Waals surface area contributed by atoms with Gasteiger partial charge in [-0.3, -0.25) is 14.9 Å². The lowest BCUT2D eigenvalue weighted by Gasteiger charge is -2.12. The van der Waals surface area contributed by atoms with Gasteiger partial charge in [-0.25, -0.2) is 0 Å². The number of amides is 2. The molecular formula is C15H12ClN3O2S. The van der Waals surface area contributed by atoms with E-state index in [1.807, 2.05) is 0 Å². The van der Waals surface area contributed by atoms with Gasteiger partial charge in [-0.2, -0.15) is 0 Å². The van der Waals surface area contributed by atoms with Crippen LogP contribution < -0.4 is 16.4 Å². The SMILES string of the molecule is NC(=O)c1ccccc1NC(=S)NC(=O)c1ccc(Cl)cc1. The van der Waals surface area contributed by atoms with Gasteiger partial charge in [-0.05, 0) is 48.6 Å². The molecule has 0 saturated carbocycles. The number of carbonyl (C=O) groups excluding carboxylic acids is 2. The third-order valence-corrected chi connectivity index (χ3v) is 3.23. The average molecular weight is 334 g/mol. The van der Waals surface area contributed by atoms with Crippen LogP contribution in [0.4, 0.5) is 5.69 Å². The van der Waals surface area contributed by atoms with Crippen LogP contribution in [0, 0.1) is 0 Å². The maximum absolute atomic E-state index is 12.0. The normalized spacial score (nSPS) is 9.86. The minimum absolute atomic E-state index is 0.0636. The summed E-state index contributed by atoms with van der Waals surface area (Å²) in [7, 11) is 0. The van der Waals surface area contributed by atoms with Crippen LogP contribution in [-0.4, -0.2) is 16.9 Å². The van der Waals surface area contributed by atoms with Gasteiger partial charge in [0.05, 0.1) is 11.3 Å². The molecule has 0 saturated heterocycles. The van der Waals surface area contributed by atoms with Gasteiger partial charge in [0.1, 0.15) is 0 Å². The summed E-state index contributed by atoms with van der Waals surface area (Å²) in [5.41, 5.74) is 6.40. The van der Waals surface area contributed by atoms with Gasteiger partial charge in [0.15, 0.2) is 5.11 Å². The van der Waals surface area contributed by atoms with E-state index in [0.29, 0.717) is 16.3 Å². The van der Waals surface area contributed by atoms with Gasteiger partial charge >= 0.3 is 0 Å². The lowest BCUT2D eigenvalue weighted by molar-refractivity contribution is 0.0975. The molecule has 112 valence electrons. The highest BCUT2D eigenvalue weighted by Gasteiger charge is 2.11. The number of halogens is 1. The molecule has 22 heavy (non-hydrogen) atoms. The summed E-state index contributed by atoms with van der Waals surface area (Å²) in [6, 6.07) is 13.0. The van der Waals surface area contributed by atoms with Crippen LogP contribution >= 0.6 is 23.8 Å². The maximum Gasteiger partial charge on any atom is 0.257 e. The summed E-state index contributed by atoms with van der Waals surface area (Å²) in [6.07, 6.45) is 0. The minimum atomic E-state index is -0.588. The van der Waals surface area contributed by atoms with Crippen molar-refractivity contribution in [3.8, 4) is 0 Å². The smallest absolute Gasteiger partial charge is 0.257 e. The van der Waals surface area contributed by atoms with Crippen molar-refractivity contribution in [3.63, 3.8) is 0 Å². The van der Waals surface area contributed by atoms with E-state index in [9.17, 15) is 9.59 Å². The largest absolute Gasteiger partial charge is 0.366 e. The molecule has 4 N–H and O–H groups in total. The number of nitrogens with one attached hydrogen (secondary N) is 2. The molecule has 5 nitrogen and oxygen atoms in total. The molecule has 0 fully saturated rings. The fraction of sp³-hybridized carbons (Fsp3) is 0. The van der Waals surface area contributed by atoms with E-state index in [1.165, 1.54) is 0 Å². The molecule has 0 heterocycles. The molecule has 2 rings (SSSR count). The Bertz CT molecular complexity index is 732. The van der Waals surface area contributed by atoms with E-state index in [-0.39, 0.29) is 16.6 Å². The number of para-hydroxylation sites is 1. The molecule has 2 aromatic carbocycles. The highest BCUT2D eigenvalue weighted by molar-refractivity contribution is 7.80. The van der Waals surface area contributed by atoms with Crippen LogP contribution in [0.1, 0.15) is 20.7 Å². The first-order valence-electron chi connectivity index (χ1n) is 6.24. The second-order valence-electron chi connectivity index (χ2n) is 4.32. The first-order chi connectivity index (χ1) is 10.5. The summed E-state index contributed by atoms with van der Waals surface area (Å²) in [5, 5.41) is 5.89. The molecule has 0 aliphatic carbocycles. The van der Waals surface area contributed by atoms with Crippen LogP contribution in [0.15, 0.2) is 48.5 Å². The molecule has 0 aromatic heterocycles. The number of rotatable bonds is 3. The van der Waals surface area contributed by atoms with Crippen molar-refractivity contribution < 1.29 is 9.59 Å². The number of primary amides is 1. The summed E-state index contributed by atoms with van der Waals surface area (Å²) in [5.74, 6) is -0.972. The van der Waals surface area contributed by atoms with Crippen molar-refractivity contribution in [3.05, 3.63) is 64.7 Å². The van der Waals surface area contributed by atoms with E-state index in [2.05, 4.69) is 10.6 Å². The fourth-order valence-corrected chi connectivity index (χ4v) is 2.07. The molecule has 0 aliphatic rings. The van der Waals surface area contributed by atoms with Crippen molar-refractivity contribution in [2.24, 2.45) is 5.73 Å². The van der Waals surface area contributed by atoms with Crippen LogP contribution in [0.3, 0.4) is 0 Å². The number of hydrogen-bond acceptors (Lipinski definition) is 3. The van der Waals surface area contributed by atoms with Gasteiger partial charge in [0.2, 0.25) is 0 Å². The molecule has 2 amide bonds. The number of anilines is 1. The van der Waals surface area contributed by atoms with Crippen molar-refractivity contribution in [1.82, 2.24) is 5.32 Å². The van der Waals surface area contributed by atoms with Gasteiger partial charge < -0.3 is 11.1 Å². The lowest BCUT2D eigenvalue weighted by Crippen LogP contribution is -2.34. The molecule has 0 bridgehead atoms. The topological polar surface area (TPSA) is 84.2 Å². The highest BCUT2D eigenvalue weighted by atomic mass is 35.5. The third-order valence-electron chi connectivity index (χ3n) is 2.77. The van der Waals surface area contributed by atoms with Crippen LogP contribution in [0.5, 0.6) is 0 Å². The Morgan fingerprint density at radius 2 is 1.68 bits per heavy atom. The zero-order chi connectivity index (χ0) is 16.1. The quantitative estimate of drug-likeness (QED) is 0.754. The Morgan fingerprint density at radius 3 is 2.32 bits per heavy atom. The van der Waals surface area contributed by atoms with E-state index >= 15 is 0 Å². The van der Waals surface area contributed by atoms with Crippen molar-refractivity contribution in [2.75, 3.05) is 5.32 Å². The molecular weight excluding hydrogens is 322 g/mol. The zero-order valence-corrected chi connectivity index (χ0v) is 12.9. The maximum atomic E-state index is 12.0. The molecule has 2 aromatic rings. The minimum Gasteiger partial charge on any atom is -0.366 e. The molecule has 0 spiro atoms. The monoisotopic (exact) mass is 333 g/mol. The summed E-state index contributed by atoms with van der Waals surface area (Å²) < 4.78 is 0. The van der Waals surface area contributed by atoms with Crippen LogP contribution in [0.2, 0.25) is 5.02 Å². The number of hydrogen-bond donors (Lipinski definition) is 3. The van der Waals surface area contributed by atoms with Gasteiger partial charge in [0, 0.05) is 10.6 Å². The predicted molar refractivity (Wildman–Crippen MR) is 90.1 cm³/mol. The lowest BCUT2D eigenvalue weighted by atomic mass is 10.1. The molecule has 7 heteroatoms. The Kier molecular flexibility index (Phi) is 5.08. The first kappa shape index (κ1) is 15.9. The van der Waals surface area contributed by atoms with E-state index in [4.69, 9.17) is 29.6 Å². The highest BCUT2D eigenvalue weighted by Crippen LogP contribution is 2.14. The number of carbonyl (C=O) groups is 2. The van der Waals surface area contributed by atoms with Crippen molar-refractivity contribution in [1.29, 1.82) is 0 Å². The zero-order valence-electron chi connectivity index (χ0n) is 11.3. The fourth-order valence-electron chi connectivity index (χ4n) is 1.74. The van der Waals surface area contributed by atoms with Crippen molar-refractivity contribution in [2.45, 2.75) is 0 Å². The van der Waals surface area contributed by atoms with Crippen molar-refractivity contribution >= 4 is 46.4 Å². The second-order valence-corrected chi connectivity index (χ2v) is 5.17. The van der Waals surface area contributed by atoms with E-state index < -0.39 is 5.91 Å². The van der Waals surface area contributed by atoms with Crippen LogP contribution in [-0.2, 0) is 0 Å². The summed E-state index contributed by atoms with van der Waals surface area (Å²) >= 11 is 10.8.